The zero-order valence-corrected chi connectivity index (χ0v) is 16.1. The summed E-state index contributed by atoms with van der Waals surface area (Å²) in [6, 6.07) is 4.29. The van der Waals surface area contributed by atoms with Crippen LogP contribution in [-0.4, -0.2) is 28.0 Å². The molecule has 2 N–H and O–H groups in total. The summed E-state index contributed by atoms with van der Waals surface area (Å²) in [4.78, 5) is 27.8. The maximum Gasteiger partial charge on any atom is 0.326 e. The fraction of sp³-hybridized carbons (Fsp3) is 0.353. The van der Waals surface area contributed by atoms with Gasteiger partial charge in [0.15, 0.2) is 0 Å². The van der Waals surface area contributed by atoms with Gasteiger partial charge in [0.25, 0.3) is 0 Å². The number of nitrogens with one attached hydrogen (secondary N) is 1. The topological polar surface area (TPSA) is 79.3 Å². The van der Waals surface area contributed by atoms with E-state index >= 15 is 0 Å². The van der Waals surface area contributed by atoms with E-state index < -0.39 is 12.0 Å². The molecule has 0 aliphatic rings. The minimum absolute atomic E-state index is 0.000443. The van der Waals surface area contributed by atoms with E-state index in [1.807, 2.05) is 13.8 Å². The molecule has 1 heterocycles. The van der Waals surface area contributed by atoms with E-state index in [1.165, 1.54) is 11.3 Å². The molecule has 0 saturated carbocycles. The molecule has 2 aromatic rings. The van der Waals surface area contributed by atoms with Gasteiger partial charge in [0, 0.05) is 10.9 Å². The van der Waals surface area contributed by atoms with Crippen LogP contribution >= 0.6 is 34.5 Å². The maximum absolute atomic E-state index is 12.1. The Balaban J connectivity index is 2.08. The molecule has 0 saturated heterocycles. The van der Waals surface area contributed by atoms with Crippen LogP contribution in [0, 0.1) is 5.92 Å². The Morgan fingerprint density at radius 1 is 1.28 bits per heavy atom. The molecule has 0 radical (unpaired) electrons. The molecular formula is C17H18Cl2N2O3S. The van der Waals surface area contributed by atoms with Crippen molar-refractivity contribution in [2.75, 3.05) is 0 Å². The van der Waals surface area contributed by atoms with Gasteiger partial charge in [0.2, 0.25) is 5.91 Å². The summed E-state index contributed by atoms with van der Waals surface area (Å²) in [7, 11) is 0. The van der Waals surface area contributed by atoms with Crippen molar-refractivity contribution in [3.63, 3.8) is 0 Å². The molecule has 5 nitrogen and oxygen atoms in total. The van der Waals surface area contributed by atoms with Gasteiger partial charge in [-0.3, -0.25) is 4.79 Å². The van der Waals surface area contributed by atoms with Crippen LogP contribution in [-0.2, 0) is 16.0 Å². The van der Waals surface area contributed by atoms with Gasteiger partial charge < -0.3 is 10.4 Å². The monoisotopic (exact) mass is 400 g/mol. The summed E-state index contributed by atoms with van der Waals surface area (Å²) in [5, 5.41) is 15.1. The van der Waals surface area contributed by atoms with Crippen LogP contribution in [0.3, 0.4) is 0 Å². The predicted octanol–water partition coefficient (Wildman–Crippen LogP) is 4.27. The smallest absolute Gasteiger partial charge is 0.326 e. The molecule has 0 fully saturated rings. The van der Waals surface area contributed by atoms with E-state index in [1.54, 1.807) is 23.6 Å². The molecule has 0 spiro atoms. The molecule has 1 unspecified atom stereocenters. The number of halogens is 2. The standard InChI is InChI=1S/C17H18Cl2N2O3S/c1-9(2)6-13(17(23)24)21-14(22)7-10-8-25-16(20-10)15-11(18)4-3-5-12(15)19/h3-5,8-9,13H,6-7H2,1-2H3,(H,21,22)(H,23,24). The molecule has 0 bridgehead atoms. The molecule has 0 aliphatic carbocycles. The Bertz CT molecular complexity index is 757. The van der Waals surface area contributed by atoms with Crippen LogP contribution < -0.4 is 5.32 Å². The largest absolute Gasteiger partial charge is 0.480 e. The minimum atomic E-state index is -1.04. The van der Waals surface area contributed by atoms with E-state index in [0.717, 1.165) is 0 Å². The number of nitrogens with zero attached hydrogens (tertiary/aromatic N) is 1. The second kappa shape index (κ2) is 8.65. The van der Waals surface area contributed by atoms with Gasteiger partial charge in [-0.1, -0.05) is 43.1 Å². The van der Waals surface area contributed by atoms with Crippen molar-refractivity contribution in [3.05, 3.63) is 39.3 Å². The average molecular weight is 401 g/mol. The normalized spacial score (nSPS) is 12.2. The lowest BCUT2D eigenvalue weighted by atomic mass is 10.0. The van der Waals surface area contributed by atoms with Crippen molar-refractivity contribution >= 4 is 46.4 Å². The first kappa shape index (κ1) is 19.7. The predicted molar refractivity (Wildman–Crippen MR) is 100 cm³/mol. The molecule has 2 rings (SSSR count). The first-order chi connectivity index (χ1) is 11.8. The van der Waals surface area contributed by atoms with Crippen LogP contribution in [0.1, 0.15) is 26.0 Å². The Kier molecular flexibility index (Phi) is 6.81. The molecule has 1 atom stereocenters. The molecular weight excluding hydrogens is 383 g/mol. The summed E-state index contributed by atoms with van der Waals surface area (Å²) < 4.78 is 0. The minimum Gasteiger partial charge on any atom is -0.480 e. The number of rotatable bonds is 7. The van der Waals surface area contributed by atoms with Crippen molar-refractivity contribution in [3.8, 4) is 10.6 Å². The van der Waals surface area contributed by atoms with Crippen LogP contribution in [0.2, 0.25) is 10.0 Å². The van der Waals surface area contributed by atoms with Gasteiger partial charge in [-0.05, 0) is 24.5 Å². The number of carbonyl (C=O) groups excluding carboxylic acids is 1. The lowest BCUT2D eigenvalue weighted by Crippen LogP contribution is -2.42. The summed E-state index contributed by atoms with van der Waals surface area (Å²) in [5.74, 6) is -1.26. The highest BCUT2D eigenvalue weighted by Crippen LogP contribution is 2.36. The van der Waals surface area contributed by atoms with Crippen molar-refractivity contribution in [2.24, 2.45) is 5.92 Å². The number of carboxylic acids is 1. The van der Waals surface area contributed by atoms with E-state index in [9.17, 15) is 14.7 Å². The zero-order valence-electron chi connectivity index (χ0n) is 13.8. The van der Waals surface area contributed by atoms with Gasteiger partial charge in [-0.2, -0.15) is 0 Å². The first-order valence-electron chi connectivity index (χ1n) is 7.69. The Morgan fingerprint density at radius 2 is 1.92 bits per heavy atom. The lowest BCUT2D eigenvalue weighted by Gasteiger charge is -2.16. The maximum atomic E-state index is 12.1. The highest BCUT2D eigenvalue weighted by molar-refractivity contribution is 7.13. The highest BCUT2D eigenvalue weighted by Gasteiger charge is 2.22. The molecule has 25 heavy (non-hydrogen) atoms. The number of aromatic nitrogens is 1. The number of carbonyl (C=O) groups is 2. The summed E-state index contributed by atoms with van der Waals surface area (Å²) in [6.07, 6.45) is 0.374. The average Bonchev–Trinajstić information content (AvgIpc) is 2.93. The molecule has 1 amide bonds. The first-order valence-corrected chi connectivity index (χ1v) is 9.32. The fourth-order valence-electron chi connectivity index (χ4n) is 2.31. The van der Waals surface area contributed by atoms with E-state index in [-0.39, 0.29) is 18.2 Å². The van der Waals surface area contributed by atoms with E-state index in [4.69, 9.17) is 23.2 Å². The molecule has 1 aromatic carbocycles. The fourth-order valence-corrected chi connectivity index (χ4v) is 3.89. The van der Waals surface area contributed by atoms with E-state index in [2.05, 4.69) is 10.3 Å². The Labute approximate surface area is 160 Å². The van der Waals surface area contributed by atoms with Crippen LogP contribution in [0.15, 0.2) is 23.6 Å². The third-order valence-corrected chi connectivity index (χ3v) is 4.95. The van der Waals surface area contributed by atoms with Crippen molar-refractivity contribution < 1.29 is 14.7 Å². The Morgan fingerprint density at radius 3 is 2.48 bits per heavy atom. The zero-order chi connectivity index (χ0) is 18.6. The summed E-state index contributed by atoms with van der Waals surface area (Å²) >= 11 is 13.7. The number of amides is 1. The van der Waals surface area contributed by atoms with Gasteiger partial charge >= 0.3 is 5.97 Å². The Hall–Kier alpha value is -1.63. The summed E-state index contributed by atoms with van der Waals surface area (Å²) in [5.41, 5.74) is 1.17. The number of benzene rings is 1. The molecule has 8 heteroatoms. The summed E-state index contributed by atoms with van der Waals surface area (Å²) in [6.45, 7) is 3.81. The van der Waals surface area contributed by atoms with Crippen molar-refractivity contribution in [1.29, 1.82) is 0 Å². The van der Waals surface area contributed by atoms with Gasteiger partial charge in [0.05, 0.1) is 22.2 Å². The molecule has 134 valence electrons. The number of aliphatic carboxylic acids is 1. The van der Waals surface area contributed by atoms with Crippen LogP contribution in [0.5, 0.6) is 0 Å². The quantitative estimate of drug-likeness (QED) is 0.726. The number of hydrogen-bond donors (Lipinski definition) is 2. The number of hydrogen-bond acceptors (Lipinski definition) is 4. The second-order valence-corrected chi connectivity index (χ2v) is 7.68. The third-order valence-electron chi connectivity index (χ3n) is 3.41. The van der Waals surface area contributed by atoms with Gasteiger partial charge in [0.1, 0.15) is 11.0 Å². The number of thiazole rings is 1. The van der Waals surface area contributed by atoms with Gasteiger partial charge in [-0.15, -0.1) is 11.3 Å². The van der Waals surface area contributed by atoms with Crippen molar-refractivity contribution in [1.82, 2.24) is 10.3 Å². The van der Waals surface area contributed by atoms with Gasteiger partial charge in [-0.25, -0.2) is 9.78 Å². The van der Waals surface area contributed by atoms with Crippen LogP contribution in [0.4, 0.5) is 0 Å². The van der Waals surface area contributed by atoms with E-state index in [0.29, 0.717) is 32.7 Å². The van der Waals surface area contributed by atoms with Crippen molar-refractivity contribution in [2.45, 2.75) is 32.7 Å². The van der Waals surface area contributed by atoms with Crippen LogP contribution in [0.25, 0.3) is 10.6 Å². The highest BCUT2D eigenvalue weighted by atomic mass is 35.5. The SMILES string of the molecule is CC(C)CC(NC(=O)Cc1csc(-c2c(Cl)cccc2Cl)n1)C(=O)O. The molecule has 0 aliphatic heterocycles. The molecule has 1 aromatic heterocycles. The third kappa shape index (κ3) is 5.42. The lowest BCUT2D eigenvalue weighted by molar-refractivity contribution is -0.142. The second-order valence-electron chi connectivity index (χ2n) is 6.01. The number of carboxylic acid groups (broad SMARTS) is 1.